The Bertz CT molecular complexity index is 1270. The van der Waals surface area contributed by atoms with Crippen LogP contribution >= 0.6 is 0 Å². The molecule has 0 bridgehead atoms. The Labute approximate surface area is 338 Å². The first-order chi connectivity index (χ1) is 25.5. The predicted molar refractivity (Wildman–Crippen MR) is 230 cm³/mol. The van der Waals surface area contributed by atoms with Crippen LogP contribution in [-0.4, -0.2) is 110 Å². The number of hydrogen-bond acceptors (Lipinski definition) is 10. The summed E-state index contributed by atoms with van der Waals surface area (Å²) in [4.78, 5) is 1.99. The molecule has 14 heteroatoms. The van der Waals surface area contributed by atoms with Crippen LogP contribution in [0, 0.1) is 53.3 Å². The van der Waals surface area contributed by atoms with Crippen molar-refractivity contribution in [1.29, 1.82) is 0 Å². The maximum absolute atomic E-state index is 4.75. The molecule has 0 amide bonds. The summed E-state index contributed by atoms with van der Waals surface area (Å²) in [5.74, 6) is 11.5. The van der Waals surface area contributed by atoms with Gasteiger partial charge in [-0.05, 0) is 130 Å². The third kappa shape index (κ3) is 44.1. The highest BCUT2D eigenvalue weighted by molar-refractivity contribution is 5.05. The molecule has 0 saturated heterocycles. The minimum Gasteiger partial charge on any atom is -0.372 e. The van der Waals surface area contributed by atoms with E-state index < -0.39 is 0 Å². The van der Waals surface area contributed by atoms with E-state index in [4.69, 9.17) is 4.74 Å². The van der Waals surface area contributed by atoms with E-state index in [2.05, 4.69) is 179 Å². The van der Waals surface area contributed by atoms with Crippen LogP contribution in [0.1, 0.15) is 130 Å². The molecule has 0 N–H and O–H groups in total. The summed E-state index contributed by atoms with van der Waals surface area (Å²) in [6.45, 7) is 34.4. The van der Waals surface area contributed by atoms with E-state index in [0.29, 0.717) is 49.4 Å². The molecule has 0 aliphatic heterocycles. The smallest absolute Gasteiger partial charge is 0.109 e. The molecule has 0 unspecified atom stereocenters. The minimum absolute atomic E-state index is 0.00529. The molecular weight excluding hydrogens is 691 g/mol. The maximum Gasteiger partial charge on any atom is 0.109 e. The van der Waals surface area contributed by atoms with E-state index in [1.54, 1.807) is 12.1 Å². The van der Waals surface area contributed by atoms with Crippen molar-refractivity contribution in [3.63, 3.8) is 0 Å². The Morgan fingerprint density at radius 2 is 0.891 bits per heavy atom. The first-order valence-corrected chi connectivity index (χ1v) is 19.3. The van der Waals surface area contributed by atoms with Crippen LogP contribution in [0.15, 0.2) is 41.4 Å². The summed E-state index contributed by atoms with van der Waals surface area (Å²) >= 11 is 0. The lowest BCUT2D eigenvalue weighted by atomic mass is 9.99. The van der Waals surface area contributed by atoms with Crippen molar-refractivity contribution >= 4 is 0 Å². The molecule has 0 aromatic heterocycles. The number of hydrogen-bond donors (Lipinski definition) is 0. The average molecular weight is 770 g/mol. The molecule has 0 aromatic carbocycles. The summed E-state index contributed by atoms with van der Waals surface area (Å²) in [6, 6.07) is 12.7. The van der Waals surface area contributed by atoms with Gasteiger partial charge in [0.2, 0.25) is 0 Å². The van der Waals surface area contributed by atoms with Crippen molar-refractivity contribution in [1.82, 2.24) is 24.9 Å². The normalized spacial score (nSPS) is 11.0. The van der Waals surface area contributed by atoms with Crippen LogP contribution < -0.4 is 0 Å². The fourth-order valence-corrected chi connectivity index (χ4v) is 3.66. The van der Waals surface area contributed by atoms with Gasteiger partial charge in [0.15, 0.2) is 0 Å². The van der Waals surface area contributed by atoms with Crippen molar-refractivity contribution in [2.45, 2.75) is 166 Å². The highest BCUT2D eigenvalue weighted by atomic mass is 16.5. The van der Waals surface area contributed by atoms with Gasteiger partial charge in [0, 0.05) is 69.3 Å². The van der Waals surface area contributed by atoms with E-state index in [-0.39, 0.29) is 5.41 Å². The summed E-state index contributed by atoms with van der Waals surface area (Å²) < 4.78 is 4.75. The molecule has 314 valence electrons. The molecule has 0 saturated carbocycles. The zero-order valence-corrected chi connectivity index (χ0v) is 38.7. The van der Waals surface area contributed by atoms with E-state index in [1.807, 2.05) is 68.9 Å². The van der Waals surface area contributed by atoms with Crippen LogP contribution in [0.4, 0.5) is 0 Å². The lowest BCUT2D eigenvalue weighted by molar-refractivity contribution is 0.170. The fraction of sp³-hybridized carbons (Fsp3) is 0.805. The number of rotatable bonds is 14. The van der Waals surface area contributed by atoms with Gasteiger partial charge in [-0.3, -0.25) is 24.9 Å². The second-order valence-electron chi connectivity index (χ2n) is 15.4. The largest absolute Gasteiger partial charge is 0.372 e. The van der Waals surface area contributed by atoms with Gasteiger partial charge in [0.05, 0.1) is 30.7 Å². The Morgan fingerprint density at radius 1 is 0.527 bits per heavy atom. The maximum atomic E-state index is 4.75. The van der Waals surface area contributed by atoms with Gasteiger partial charge in [0.1, 0.15) is 6.61 Å². The second kappa shape index (κ2) is 36.7. The van der Waals surface area contributed by atoms with Gasteiger partial charge in [0.25, 0.3) is 0 Å². The van der Waals surface area contributed by atoms with Crippen molar-refractivity contribution in [2.75, 3.05) is 48.5 Å². The van der Waals surface area contributed by atoms with Gasteiger partial charge < -0.3 is 4.74 Å². The number of nitrogens with zero attached hydrogens (tertiary/aromatic N) is 13. The Hall–Kier alpha value is -4.24. The molecule has 0 aromatic rings. The van der Waals surface area contributed by atoms with E-state index in [9.17, 15) is 0 Å². The van der Waals surface area contributed by atoms with Gasteiger partial charge in [-0.25, -0.2) is 0 Å². The third-order valence-corrected chi connectivity index (χ3v) is 5.98. The van der Waals surface area contributed by atoms with Gasteiger partial charge >= 0.3 is 0 Å². The summed E-state index contributed by atoms with van der Waals surface area (Å²) in [5, 5.41) is 38.5. The Kier molecular flexibility index (Phi) is 38.4. The van der Waals surface area contributed by atoms with Gasteiger partial charge in [-0.15, -0.1) is 0 Å². The molecule has 0 heterocycles. The third-order valence-electron chi connectivity index (χ3n) is 5.98. The SMILES string of the molecule is CC(C)N(N=NC#CCN(C)C)C(C)C.CCCCC#CN=NN(C(C)C)C(C)C.CN(C)N=NC#CC(C)(C)C.COCC#CN=NN(C(C)C)C(C)C. The van der Waals surface area contributed by atoms with Crippen molar-refractivity contribution < 1.29 is 4.74 Å². The van der Waals surface area contributed by atoms with E-state index in [1.165, 1.54) is 6.42 Å². The standard InChI is InChI=1S/C12H23N3.C11H22N4.C10H19N3O.C8H15N3/c1-6-7-8-9-10-13-14-15(11(2)3)12(4)5;1-10(2)15(11(3)4)13-12-8-7-9-14(5)6;1-9(2)13(10(3)4)12-11-7-6-8-14-5;1-8(2,3)6-7-9-10-11(4)5/h11-12H,6-8H2,1-5H3;10-11H,9H2,1-6H3;9-10H,8H2,1-5H3;1-5H3. The van der Waals surface area contributed by atoms with Gasteiger partial charge in [-0.2, -0.15) is 0 Å². The predicted octanol–water partition coefficient (Wildman–Crippen LogP) is 9.62. The number of unbranched alkanes of at least 4 members (excludes halogenated alkanes) is 2. The highest BCUT2D eigenvalue weighted by Crippen LogP contribution is 2.10. The fourth-order valence-electron chi connectivity index (χ4n) is 3.66. The summed E-state index contributed by atoms with van der Waals surface area (Å²) in [6.07, 6.45) is 3.23. The molecule has 0 aliphatic carbocycles. The van der Waals surface area contributed by atoms with Crippen molar-refractivity contribution in [3.8, 4) is 47.9 Å². The molecule has 0 atom stereocenters. The average Bonchev–Trinajstić information content (AvgIpc) is 3.05. The number of methoxy groups -OCH3 is 1. The second-order valence-corrected chi connectivity index (χ2v) is 15.4. The minimum atomic E-state index is 0.00529. The molecule has 0 aliphatic rings. The molecule has 0 spiro atoms. The van der Waals surface area contributed by atoms with E-state index in [0.717, 1.165) is 12.8 Å². The topological polar surface area (TPSA) is 124 Å². The highest BCUT2D eigenvalue weighted by Gasteiger charge is 2.11. The number of ether oxygens (including phenoxy) is 1. The molecule has 55 heavy (non-hydrogen) atoms. The first kappa shape index (κ1) is 57.5. The lowest BCUT2D eigenvalue weighted by Gasteiger charge is -2.25. The quantitative estimate of drug-likeness (QED) is 0.0750. The van der Waals surface area contributed by atoms with Crippen LogP contribution in [-0.2, 0) is 4.74 Å². The zero-order chi connectivity index (χ0) is 43.4. The lowest BCUT2D eigenvalue weighted by Crippen LogP contribution is -2.31. The Balaban J connectivity index is -0.000000317. The summed E-state index contributed by atoms with van der Waals surface area (Å²) in [5.41, 5.74) is 0.00529. The van der Waals surface area contributed by atoms with Crippen molar-refractivity contribution in [2.24, 2.45) is 46.8 Å². The molecular formula is C41H79N13O. The molecule has 0 fully saturated rings. The van der Waals surface area contributed by atoms with Crippen LogP contribution in [0.25, 0.3) is 0 Å². The summed E-state index contributed by atoms with van der Waals surface area (Å²) in [7, 11) is 9.16. The zero-order valence-electron chi connectivity index (χ0n) is 38.7. The van der Waals surface area contributed by atoms with E-state index >= 15 is 0 Å². The van der Waals surface area contributed by atoms with Crippen LogP contribution in [0.3, 0.4) is 0 Å². The van der Waals surface area contributed by atoms with Gasteiger partial charge in [-0.1, -0.05) is 72.5 Å². The monoisotopic (exact) mass is 770 g/mol. The molecule has 14 nitrogen and oxygen atoms in total. The van der Waals surface area contributed by atoms with Crippen molar-refractivity contribution in [3.05, 3.63) is 0 Å². The molecule has 0 rings (SSSR count). The first-order valence-electron chi connectivity index (χ1n) is 19.3. The van der Waals surface area contributed by atoms with Crippen LogP contribution in [0.2, 0.25) is 0 Å². The Morgan fingerprint density at radius 3 is 1.20 bits per heavy atom. The molecule has 0 radical (unpaired) electrons. The van der Waals surface area contributed by atoms with Crippen LogP contribution in [0.5, 0.6) is 0 Å².